The molecule has 0 bridgehead atoms. The van der Waals surface area contributed by atoms with E-state index in [9.17, 15) is 4.89 Å². The quantitative estimate of drug-likeness (QED) is 0.401. The normalized spacial score (nSPS) is 16.3. The standard InChI is InChI=1S/C5H13O3PS2/c1-2-7-9(6,11)8-4-3-5-10/h10H,2-5H2,1H3,(H,6,11). The molecule has 1 atom stereocenters. The summed E-state index contributed by atoms with van der Waals surface area (Å²) in [5.74, 6) is 0.724. The molecule has 0 aromatic rings. The van der Waals surface area contributed by atoms with Crippen molar-refractivity contribution in [2.45, 2.75) is 13.3 Å². The summed E-state index contributed by atoms with van der Waals surface area (Å²) in [7, 11) is 0. The van der Waals surface area contributed by atoms with E-state index >= 15 is 0 Å². The van der Waals surface area contributed by atoms with Crippen LogP contribution in [0.1, 0.15) is 13.3 Å². The summed E-state index contributed by atoms with van der Waals surface area (Å²) in [5.41, 5.74) is 0. The van der Waals surface area contributed by atoms with Crippen LogP contribution >= 0.6 is 19.3 Å². The van der Waals surface area contributed by atoms with Gasteiger partial charge >= 0.3 is 6.72 Å². The van der Waals surface area contributed by atoms with Crippen LogP contribution in [0.5, 0.6) is 0 Å². The molecule has 0 aromatic carbocycles. The zero-order valence-electron chi connectivity index (χ0n) is 6.39. The molecule has 0 aliphatic rings. The van der Waals surface area contributed by atoms with Gasteiger partial charge in [-0.1, -0.05) is 0 Å². The zero-order chi connectivity index (χ0) is 8.74. The SMILES string of the molecule is CCOP(O)(=S)OCCCS. The number of hydrogen-bond acceptors (Lipinski definition) is 4. The van der Waals surface area contributed by atoms with Crippen molar-refractivity contribution < 1.29 is 13.9 Å². The third kappa shape index (κ3) is 7.25. The van der Waals surface area contributed by atoms with Gasteiger partial charge in [0.1, 0.15) is 0 Å². The van der Waals surface area contributed by atoms with Gasteiger partial charge in [0, 0.05) is 0 Å². The molecule has 0 radical (unpaired) electrons. The van der Waals surface area contributed by atoms with Gasteiger partial charge < -0.3 is 13.9 Å². The lowest BCUT2D eigenvalue weighted by atomic mass is 10.5. The second-order valence-electron chi connectivity index (χ2n) is 1.80. The molecule has 0 aromatic heterocycles. The molecule has 0 saturated carbocycles. The lowest BCUT2D eigenvalue weighted by molar-refractivity contribution is 0.205. The largest absolute Gasteiger partial charge is 0.324 e. The summed E-state index contributed by atoms with van der Waals surface area (Å²) in [6, 6.07) is 0. The molecule has 0 rings (SSSR count). The van der Waals surface area contributed by atoms with Gasteiger partial charge in [-0.15, -0.1) is 0 Å². The summed E-state index contributed by atoms with van der Waals surface area (Å²) in [4.78, 5) is 9.20. The highest BCUT2D eigenvalue weighted by atomic mass is 32.5. The fourth-order valence-electron chi connectivity index (χ4n) is 0.445. The van der Waals surface area contributed by atoms with Crippen molar-refractivity contribution in [2.75, 3.05) is 19.0 Å². The van der Waals surface area contributed by atoms with E-state index < -0.39 is 6.72 Å². The zero-order valence-corrected chi connectivity index (χ0v) is 9.00. The van der Waals surface area contributed by atoms with E-state index in [0.29, 0.717) is 13.2 Å². The first-order chi connectivity index (χ1) is 5.12. The van der Waals surface area contributed by atoms with Gasteiger partial charge in [0.2, 0.25) is 0 Å². The molecule has 0 fully saturated rings. The van der Waals surface area contributed by atoms with E-state index in [4.69, 9.17) is 9.05 Å². The molecular weight excluding hydrogens is 203 g/mol. The summed E-state index contributed by atoms with van der Waals surface area (Å²) >= 11 is 8.63. The summed E-state index contributed by atoms with van der Waals surface area (Å²) < 4.78 is 9.73. The highest BCUT2D eigenvalue weighted by Gasteiger charge is 2.12. The van der Waals surface area contributed by atoms with Crippen LogP contribution in [0, 0.1) is 0 Å². The first-order valence-corrected chi connectivity index (χ1v) is 6.57. The summed E-state index contributed by atoms with van der Waals surface area (Å²) in [6.45, 7) is -0.362. The number of hydrogen-bond donors (Lipinski definition) is 2. The molecule has 0 aliphatic heterocycles. The Hall–Kier alpha value is 0.880. The second-order valence-corrected chi connectivity index (χ2v) is 5.08. The van der Waals surface area contributed by atoms with E-state index in [0.717, 1.165) is 12.2 Å². The van der Waals surface area contributed by atoms with Crippen LogP contribution in [0.2, 0.25) is 0 Å². The minimum Gasteiger partial charge on any atom is -0.324 e. The van der Waals surface area contributed by atoms with Crippen LogP contribution in [0.3, 0.4) is 0 Å². The minimum absolute atomic E-state index is 0.384. The molecule has 68 valence electrons. The Morgan fingerprint density at radius 2 is 2.18 bits per heavy atom. The molecule has 0 heterocycles. The van der Waals surface area contributed by atoms with Crippen molar-refractivity contribution in [3.63, 3.8) is 0 Å². The van der Waals surface area contributed by atoms with Crippen molar-refractivity contribution in [3.8, 4) is 0 Å². The van der Waals surface area contributed by atoms with Crippen LogP contribution in [0.15, 0.2) is 0 Å². The maximum atomic E-state index is 9.20. The van der Waals surface area contributed by atoms with Gasteiger partial charge in [-0.25, -0.2) is 0 Å². The molecule has 1 N–H and O–H groups in total. The third-order valence-electron chi connectivity index (χ3n) is 0.849. The third-order valence-corrected chi connectivity index (χ3v) is 2.89. The van der Waals surface area contributed by atoms with Gasteiger partial charge in [0.15, 0.2) is 0 Å². The maximum Gasteiger partial charge on any atom is 0.324 e. The first-order valence-electron chi connectivity index (χ1n) is 3.35. The van der Waals surface area contributed by atoms with E-state index in [2.05, 4.69) is 24.4 Å². The lowest BCUT2D eigenvalue weighted by Gasteiger charge is -2.13. The molecule has 6 heteroatoms. The van der Waals surface area contributed by atoms with E-state index in [1.165, 1.54) is 0 Å². The predicted molar refractivity (Wildman–Crippen MR) is 52.6 cm³/mol. The smallest absolute Gasteiger partial charge is 0.324 e. The fourth-order valence-corrected chi connectivity index (χ4v) is 1.87. The Morgan fingerprint density at radius 1 is 1.55 bits per heavy atom. The van der Waals surface area contributed by atoms with Crippen LogP contribution < -0.4 is 0 Å². The van der Waals surface area contributed by atoms with Gasteiger partial charge in [-0.3, -0.25) is 0 Å². The first kappa shape index (κ1) is 11.9. The average molecular weight is 216 g/mol. The second kappa shape index (κ2) is 6.40. The van der Waals surface area contributed by atoms with Crippen LogP contribution in [0.25, 0.3) is 0 Å². The van der Waals surface area contributed by atoms with Crippen LogP contribution in [0.4, 0.5) is 0 Å². The molecule has 0 spiro atoms. The van der Waals surface area contributed by atoms with Crippen LogP contribution in [-0.2, 0) is 20.9 Å². The lowest BCUT2D eigenvalue weighted by Crippen LogP contribution is -1.96. The van der Waals surface area contributed by atoms with Crippen molar-refractivity contribution in [2.24, 2.45) is 0 Å². The van der Waals surface area contributed by atoms with Gasteiger partial charge in [-0.05, 0) is 30.9 Å². The maximum absolute atomic E-state index is 9.20. The average Bonchev–Trinajstić information content (AvgIpc) is 1.87. The Labute approximate surface area is 77.8 Å². The molecule has 0 aliphatic carbocycles. The Morgan fingerprint density at radius 3 is 2.64 bits per heavy atom. The highest BCUT2D eigenvalue weighted by molar-refractivity contribution is 8.07. The molecule has 0 saturated heterocycles. The summed E-state index contributed by atoms with van der Waals surface area (Å²) in [5, 5.41) is 0. The minimum atomic E-state index is -2.92. The molecule has 11 heavy (non-hydrogen) atoms. The Balaban J connectivity index is 3.47. The van der Waals surface area contributed by atoms with Gasteiger partial charge in [0.05, 0.1) is 13.2 Å². The van der Waals surface area contributed by atoms with Crippen molar-refractivity contribution in [3.05, 3.63) is 0 Å². The summed E-state index contributed by atoms with van der Waals surface area (Å²) in [6.07, 6.45) is 0.773. The van der Waals surface area contributed by atoms with E-state index in [-0.39, 0.29) is 0 Å². The molecule has 1 unspecified atom stereocenters. The molecular formula is C5H13O3PS2. The topological polar surface area (TPSA) is 38.7 Å². The Bertz CT molecular complexity index is 142. The van der Waals surface area contributed by atoms with Gasteiger partial charge in [-0.2, -0.15) is 12.6 Å². The Kier molecular flexibility index (Phi) is 6.91. The molecule has 0 amide bonds. The van der Waals surface area contributed by atoms with Crippen molar-refractivity contribution in [1.29, 1.82) is 0 Å². The van der Waals surface area contributed by atoms with E-state index in [1.807, 2.05) is 0 Å². The van der Waals surface area contributed by atoms with Crippen LogP contribution in [-0.4, -0.2) is 23.9 Å². The predicted octanol–water partition coefficient (Wildman–Crippen LogP) is 1.58. The number of rotatable bonds is 6. The monoisotopic (exact) mass is 216 g/mol. The van der Waals surface area contributed by atoms with Gasteiger partial charge in [0.25, 0.3) is 0 Å². The fraction of sp³-hybridized carbons (Fsp3) is 1.00. The molecule has 3 nitrogen and oxygen atoms in total. The van der Waals surface area contributed by atoms with Crippen molar-refractivity contribution >= 4 is 31.2 Å². The van der Waals surface area contributed by atoms with E-state index in [1.54, 1.807) is 6.92 Å². The highest BCUT2D eigenvalue weighted by Crippen LogP contribution is 2.43. The van der Waals surface area contributed by atoms with Crippen molar-refractivity contribution in [1.82, 2.24) is 0 Å². The number of thiol groups is 1.